The summed E-state index contributed by atoms with van der Waals surface area (Å²) < 4.78 is 0. The van der Waals surface area contributed by atoms with E-state index in [4.69, 9.17) is 0 Å². The zero-order chi connectivity index (χ0) is 13.3. The van der Waals surface area contributed by atoms with E-state index < -0.39 is 0 Å². The molecule has 6 atom stereocenters. The second-order valence-corrected chi connectivity index (χ2v) is 6.73. The van der Waals surface area contributed by atoms with Gasteiger partial charge in [-0.15, -0.1) is 0 Å². The van der Waals surface area contributed by atoms with Gasteiger partial charge in [-0.3, -0.25) is 4.79 Å². The number of carbonyl (C=O) groups excluding carboxylic acids is 1. The van der Waals surface area contributed by atoms with Gasteiger partial charge in [0.1, 0.15) is 5.78 Å². The number of thiol groups is 1. The van der Waals surface area contributed by atoms with Gasteiger partial charge in [0.2, 0.25) is 0 Å². The van der Waals surface area contributed by atoms with Gasteiger partial charge >= 0.3 is 0 Å². The maximum absolute atomic E-state index is 11.4. The smallest absolute Gasteiger partial charge is 0.147 e. The van der Waals surface area contributed by atoms with E-state index >= 15 is 0 Å². The van der Waals surface area contributed by atoms with Crippen molar-refractivity contribution in [1.29, 1.82) is 0 Å². The topological polar surface area (TPSA) is 29.1 Å². The molecule has 2 saturated carbocycles. The van der Waals surface area contributed by atoms with Gasteiger partial charge in [0.25, 0.3) is 0 Å². The van der Waals surface area contributed by atoms with Crippen LogP contribution in [-0.2, 0) is 4.79 Å². The highest BCUT2D eigenvalue weighted by Crippen LogP contribution is 2.53. The van der Waals surface area contributed by atoms with Crippen LogP contribution in [0, 0.1) is 23.7 Å². The summed E-state index contributed by atoms with van der Waals surface area (Å²) in [6.07, 6.45) is 5.62. The summed E-state index contributed by atoms with van der Waals surface area (Å²) in [5.74, 6) is 4.58. The molecule has 0 bridgehead atoms. The van der Waals surface area contributed by atoms with Crippen molar-refractivity contribution < 1.29 is 4.79 Å². The van der Waals surface area contributed by atoms with Gasteiger partial charge in [-0.25, -0.2) is 0 Å². The lowest BCUT2D eigenvalue weighted by molar-refractivity contribution is -0.118. The Morgan fingerprint density at radius 3 is 2.56 bits per heavy atom. The molecule has 2 fully saturated rings. The Hall–Kier alpha value is -0.0200. The SMILES string of the molecule is CCC1CC1CC1CC1C(C)NC(CS)C(C)=O. The Labute approximate surface area is 117 Å². The van der Waals surface area contributed by atoms with Gasteiger partial charge in [0, 0.05) is 11.8 Å². The number of Topliss-reactive ketones (excluding diaryl/α,β-unsaturated/α-hetero) is 1. The van der Waals surface area contributed by atoms with Crippen LogP contribution in [0.3, 0.4) is 0 Å². The first kappa shape index (κ1) is 14.4. The first-order valence-corrected chi connectivity index (χ1v) is 8.07. The molecule has 2 nitrogen and oxygen atoms in total. The van der Waals surface area contributed by atoms with Crippen LogP contribution in [0.5, 0.6) is 0 Å². The molecule has 0 aliphatic heterocycles. The van der Waals surface area contributed by atoms with Crippen molar-refractivity contribution in [3.8, 4) is 0 Å². The van der Waals surface area contributed by atoms with E-state index in [-0.39, 0.29) is 11.8 Å². The molecule has 3 heteroatoms. The van der Waals surface area contributed by atoms with Crippen LogP contribution in [-0.4, -0.2) is 23.6 Å². The zero-order valence-electron chi connectivity index (χ0n) is 11.9. The fourth-order valence-corrected chi connectivity index (χ4v) is 3.74. The number of rotatable bonds is 8. The summed E-state index contributed by atoms with van der Waals surface area (Å²) in [6.45, 7) is 6.19. The standard InChI is InChI=1S/C15H27NOS/c1-4-11-5-12(11)6-13-7-14(13)9(2)16-15(8-18)10(3)17/h9,11-16,18H,4-8H2,1-3H3. The van der Waals surface area contributed by atoms with E-state index in [1.54, 1.807) is 6.92 Å². The van der Waals surface area contributed by atoms with E-state index in [1.807, 2.05) is 0 Å². The van der Waals surface area contributed by atoms with Gasteiger partial charge in [-0.2, -0.15) is 12.6 Å². The molecule has 2 aliphatic carbocycles. The van der Waals surface area contributed by atoms with E-state index in [0.29, 0.717) is 11.8 Å². The molecule has 1 N–H and O–H groups in total. The van der Waals surface area contributed by atoms with E-state index in [1.165, 1.54) is 25.7 Å². The van der Waals surface area contributed by atoms with Crippen molar-refractivity contribution in [3.05, 3.63) is 0 Å². The minimum absolute atomic E-state index is 0.0612. The molecule has 0 aromatic carbocycles. The average Bonchev–Trinajstić information content (AvgIpc) is 3.22. The van der Waals surface area contributed by atoms with Crippen LogP contribution in [0.15, 0.2) is 0 Å². The third-order valence-electron chi connectivity index (χ3n) is 4.96. The van der Waals surface area contributed by atoms with Gasteiger partial charge in [0.05, 0.1) is 6.04 Å². The fraction of sp³-hybridized carbons (Fsp3) is 0.933. The fourth-order valence-electron chi connectivity index (χ4n) is 3.38. The largest absolute Gasteiger partial charge is 0.304 e. The summed E-state index contributed by atoms with van der Waals surface area (Å²) in [5, 5.41) is 3.45. The number of ketones is 1. The number of nitrogens with one attached hydrogen (secondary N) is 1. The monoisotopic (exact) mass is 269 g/mol. The summed E-state index contributed by atoms with van der Waals surface area (Å²) in [4.78, 5) is 11.4. The minimum Gasteiger partial charge on any atom is -0.304 e. The highest BCUT2D eigenvalue weighted by atomic mass is 32.1. The molecule has 2 aliphatic rings. The first-order chi connectivity index (χ1) is 8.56. The molecule has 6 unspecified atom stereocenters. The maximum Gasteiger partial charge on any atom is 0.147 e. The van der Waals surface area contributed by atoms with Crippen molar-refractivity contribution in [3.63, 3.8) is 0 Å². The molecule has 0 heterocycles. The molecule has 0 spiro atoms. The van der Waals surface area contributed by atoms with Crippen molar-refractivity contribution in [2.45, 2.75) is 58.5 Å². The van der Waals surface area contributed by atoms with E-state index in [2.05, 4.69) is 31.8 Å². The summed E-state index contributed by atoms with van der Waals surface area (Å²) in [5.41, 5.74) is 0. The molecule has 0 saturated heterocycles. The lowest BCUT2D eigenvalue weighted by Crippen LogP contribution is -2.43. The maximum atomic E-state index is 11.4. The molecule has 0 aromatic rings. The summed E-state index contributed by atoms with van der Waals surface area (Å²) >= 11 is 4.25. The molecular weight excluding hydrogens is 242 g/mol. The Bertz CT molecular complexity index is 307. The van der Waals surface area contributed by atoms with Gasteiger partial charge in [0.15, 0.2) is 0 Å². The second kappa shape index (κ2) is 5.96. The van der Waals surface area contributed by atoms with Crippen molar-refractivity contribution >= 4 is 18.4 Å². The van der Waals surface area contributed by atoms with Gasteiger partial charge in [-0.1, -0.05) is 13.3 Å². The second-order valence-electron chi connectivity index (χ2n) is 6.36. The predicted octanol–water partition coefficient (Wildman–Crippen LogP) is 2.92. The normalized spacial score (nSPS) is 37.1. The third-order valence-corrected chi connectivity index (χ3v) is 5.32. The predicted molar refractivity (Wildman–Crippen MR) is 79.0 cm³/mol. The van der Waals surface area contributed by atoms with Crippen molar-refractivity contribution in [1.82, 2.24) is 5.32 Å². The van der Waals surface area contributed by atoms with Crippen LogP contribution in [0.4, 0.5) is 0 Å². The molecule has 0 radical (unpaired) electrons. The van der Waals surface area contributed by atoms with Crippen LogP contribution in [0.25, 0.3) is 0 Å². The Morgan fingerprint density at radius 1 is 1.33 bits per heavy atom. The van der Waals surface area contributed by atoms with Crippen molar-refractivity contribution in [2.75, 3.05) is 5.75 Å². The molecule has 18 heavy (non-hydrogen) atoms. The zero-order valence-corrected chi connectivity index (χ0v) is 12.7. The summed E-state index contributed by atoms with van der Waals surface area (Å²) in [6, 6.07) is 0.406. The highest BCUT2D eigenvalue weighted by Gasteiger charge is 2.46. The lowest BCUT2D eigenvalue weighted by atomic mass is 10.1. The Morgan fingerprint density at radius 2 is 2.06 bits per heavy atom. The van der Waals surface area contributed by atoms with Gasteiger partial charge in [-0.05, 0) is 56.8 Å². The average molecular weight is 269 g/mol. The first-order valence-electron chi connectivity index (χ1n) is 7.44. The summed E-state index contributed by atoms with van der Waals surface area (Å²) in [7, 11) is 0. The van der Waals surface area contributed by atoms with Crippen LogP contribution in [0.1, 0.15) is 46.5 Å². The third kappa shape index (κ3) is 3.51. The molecule has 104 valence electrons. The van der Waals surface area contributed by atoms with E-state index in [0.717, 1.165) is 23.7 Å². The highest BCUT2D eigenvalue weighted by molar-refractivity contribution is 7.80. The van der Waals surface area contributed by atoms with Crippen LogP contribution in [0.2, 0.25) is 0 Å². The molecule has 0 aromatic heterocycles. The van der Waals surface area contributed by atoms with Crippen molar-refractivity contribution in [2.24, 2.45) is 23.7 Å². The quantitative estimate of drug-likeness (QED) is 0.663. The molecular formula is C15H27NOS. The van der Waals surface area contributed by atoms with Gasteiger partial charge < -0.3 is 5.32 Å². The minimum atomic E-state index is -0.0612. The van der Waals surface area contributed by atoms with Crippen LogP contribution < -0.4 is 5.32 Å². The molecule has 0 amide bonds. The van der Waals surface area contributed by atoms with Crippen LogP contribution >= 0.6 is 12.6 Å². The number of hydrogen-bond donors (Lipinski definition) is 2. The number of carbonyl (C=O) groups is 1. The Balaban J connectivity index is 1.69. The number of hydrogen-bond acceptors (Lipinski definition) is 3. The Kier molecular flexibility index (Phi) is 4.76. The lowest BCUT2D eigenvalue weighted by Gasteiger charge is -2.20. The molecule has 2 rings (SSSR count). The van der Waals surface area contributed by atoms with E-state index in [9.17, 15) is 4.79 Å².